The third-order valence-electron chi connectivity index (χ3n) is 1.96. The first-order chi connectivity index (χ1) is 6.86. The summed E-state index contributed by atoms with van der Waals surface area (Å²) in [7, 11) is 0. The highest BCUT2D eigenvalue weighted by Gasteiger charge is 2.36. The molecule has 0 aliphatic rings. The highest BCUT2D eigenvalue weighted by Crippen LogP contribution is 2.35. The highest BCUT2D eigenvalue weighted by molar-refractivity contribution is 5.34. The molecule has 1 rings (SSSR count). The van der Waals surface area contributed by atoms with Gasteiger partial charge in [0.25, 0.3) is 0 Å². The Hall–Kier alpha value is -1.57. The molecule has 0 amide bonds. The van der Waals surface area contributed by atoms with Crippen molar-refractivity contribution in [3.05, 3.63) is 46.6 Å². The molecule has 80 valence electrons. The fourth-order valence-electron chi connectivity index (χ4n) is 1.21. The number of halogens is 4. The van der Waals surface area contributed by atoms with Crippen molar-refractivity contribution in [1.29, 1.82) is 0 Å². The number of alkyl halides is 3. The lowest BCUT2D eigenvalue weighted by Crippen LogP contribution is -2.10. The van der Waals surface area contributed by atoms with Gasteiger partial charge in [-0.05, 0) is 18.2 Å². The van der Waals surface area contributed by atoms with E-state index in [0.717, 1.165) is 12.1 Å². The van der Waals surface area contributed by atoms with Crippen molar-refractivity contribution in [1.82, 2.24) is 0 Å². The van der Waals surface area contributed by atoms with Crippen molar-refractivity contribution < 1.29 is 17.6 Å². The Morgan fingerprint density at radius 2 is 1.93 bits per heavy atom. The molecule has 0 spiro atoms. The zero-order valence-corrected chi connectivity index (χ0v) is 7.77. The van der Waals surface area contributed by atoms with Gasteiger partial charge in [-0.1, -0.05) is 0 Å². The van der Waals surface area contributed by atoms with Crippen LogP contribution in [0.2, 0.25) is 0 Å². The van der Waals surface area contributed by atoms with Gasteiger partial charge in [0, 0.05) is 12.5 Å². The van der Waals surface area contributed by atoms with Crippen LogP contribution in [0.15, 0.2) is 18.2 Å². The van der Waals surface area contributed by atoms with Crippen LogP contribution in [0.1, 0.15) is 24.1 Å². The Balaban J connectivity index is 3.35. The van der Waals surface area contributed by atoms with Crippen LogP contribution in [0.25, 0.3) is 4.85 Å². The highest BCUT2D eigenvalue weighted by atomic mass is 19.4. The van der Waals surface area contributed by atoms with Crippen molar-refractivity contribution in [2.75, 3.05) is 0 Å². The second-order valence-electron chi connectivity index (χ2n) is 3.03. The SMILES string of the molecule is [C-]#[N+]C(C)c1ccc(F)cc1C(F)(F)F. The van der Waals surface area contributed by atoms with E-state index in [0.29, 0.717) is 6.07 Å². The third kappa shape index (κ3) is 2.46. The van der Waals surface area contributed by atoms with E-state index in [9.17, 15) is 17.6 Å². The van der Waals surface area contributed by atoms with Crippen LogP contribution in [-0.2, 0) is 6.18 Å². The summed E-state index contributed by atoms with van der Waals surface area (Å²) in [6.07, 6.45) is -4.63. The van der Waals surface area contributed by atoms with Gasteiger partial charge in [0.2, 0.25) is 6.04 Å². The summed E-state index contributed by atoms with van der Waals surface area (Å²) >= 11 is 0. The molecule has 5 heteroatoms. The molecule has 0 heterocycles. The summed E-state index contributed by atoms with van der Waals surface area (Å²) in [6.45, 7) is 8.01. The molecule has 1 atom stereocenters. The van der Waals surface area contributed by atoms with Crippen LogP contribution < -0.4 is 0 Å². The van der Waals surface area contributed by atoms with Gasteiger partial charge in [-0.3, -0.25) is 0 Å². The zero-order chi connectivity index (χ0) is 11.6. The van der Waals surface area contributed by atoms with E-state index in [1.165, 1.54) is 6.92 Å². The first-order valence-electron chi connectivity index (χ1n) is 4.09. The molecule has 15 heavy (non-hydrogen) atoms. The minimum Gasteiger partial charge on any atom is -0.309 e. The van der Waals surface area contributed by atoms with Crippen molar-refractivity contribution in [3.8, 4) is 0 Å². The lowest BCUT2D eigenvalue weighted by atomic mass is 10.0. The smallest absolute Gasteiger partial charge is 0.309 e. The molecule has 1 aromatic carbocycles. The van der Waals surface area contributed by atoms with Crippen LogP contribution in [0.4, 0.5) is 17.6 Å². The quantitative estimate of drug-likeness (QED) is 0.497. The Kier molecular flexibility index (Phi) is 2.98. The van der Waals surface area contributed by atoms with E-state index in [1.807, 2.05) is 0 Å². The zero-order valence-electron chi connectivity index (χ0n) is 7.77. The normalized spacial score (nSPS) is 13.3. The number of benzene rings is 1. The van der Waals surface area contributed by atoms with Crippen LogP contribution >= 0.6 is 0 Å². The van der Waals surface area contributed by atoms with Crippen molar-refractivity contribution in [2.45, 2.75) is 19.1 Å². The number of hydrogen-bond donors (Lipinski definition) is 0. The molecule has 0 saturated heterocycles. The van der Waals surface area contributed by atoms with Gasteiger partial charge >= 0.3 is 6.18 Å². The molecule has 1 nitrogen and oxygen atoms in total. The summed E-state index contributed by atoms with van der Waals surface area (Å²) in [4.78, 5) is 2.99. The molecule has 0 N–H and O–H groups in total. The second-order valence-corrected chi connectivity index (χ2v) is 3.03. The van der Waals surface area contributed by atoms with E-state index < -0.39 is 23.6 Å². The summed E-state index contributed by atoms with van der Waals surface area (Å²) in [5.74, 6) is -0.955. The average molecular weight is 217 g/mol. The Labute approximate surface area is 84.2 Å². The topological polar surface area (TPSA) is 4.36 Å². The van der Waals surface area contributed by atoms with Crippen molar-refractivity contribution >= 4 is 0 Å². The van der Waals surface area contributed by atoms with Crippen molar-refractivity contribution in [2.24, 2.45) is 0 Å². The lowest BCUT2D eigenvalue weighted by Gasteiger charge is -2.11. The molecular weight excluding hydrogens is 210 g/mol. The summed E-state index contributed by atoms with van der Waals surface area (Å²) < 4.78 is 50.0. The standard InChI is InChI=1S/C10H7F4N/c1-6(15-2)8-4-3-7(11)5-9(8)10(12,13)14/h3-6H,1H3. The lowest BCUT2D eigenvalue weighted by molar-refractivity contribution is -0.138. The van der Waals surface area contributed by atoms with Crippen molar-refractivity contribution in [3.63, 3.8) is 0 Å². The maximum absolute atomic E-state index is 12.7. The van der Waals surface area contributed by atoms with Gasteiger partial charge in [-0.2, -0.15) is 13.2 Å². The van der Waals surface area contributed by atoms with Crippen LogP contribution in [0.3, 0.4) is 0 Å². The van der Waals surface area contributed by atoms with E-state index in [2.05, 4.69) is 4.85 Å². The molecule has 0 aliphatic carbocycles. The van der Waals surface area contributed by atoms with Gasteiger partial charge < -0.3 is 4.85 Å². The van der Waals surface area contributed by atoms with Crippen LogP contribution in [0.5, 0.6) is 0 Å². The predicted octanol–water partition coefficient (Wildman–Crippen LogP) is 3.82. The molecule has 0 aliphatic heterocycles. The summed E-state index contributed by atoms with van der Waals surface area (Å²) in [6, 6.07) is 1.41. The van der Waals surface area contributed by atoms with E-state index in [4.69, 9.17) is 6.57 Å². The largest absolute Gasteiger partial charge is 0.417 e. The second kappa shape index (κ2) is 3.89. The Bertz CT molecular complexity index is 403. The van der Waals surface area contributed by atoms with Gasteiger partial charge in [0.05, 0.1) is 5.56 Å². The molecule has 0 aromatic heterocycles. The maximum Gasteiger partial charge on any atom is 0.417 e. The van der Waals surface area contributed by atoms with Crippen LogP contribution in [0, 0.1) is 12.4 Å². The molecular formula is C10H7F4N. The van der Waals surface area contributed by atoms with Gasteiger partial charge in [-0.25, -0.2) is 11.0 Å². The predicted molar refractivity (Wildman–Crippen MR) is 46.4 cm³/mol. The first-order valence-corrected chi connectivity index (χ1v) is 4.09. The Morgan fingerprint density at radius 1 is 1.33 bits per heavy atom. The molecule has 1 unspecified atom stereocenters. The van der Waals surface area contributed by atoms with E-state index in [-0.39, 0.29) is 5.56 Å². The number of nitrogens with zero attached hydrogens (tertiary/aromatic N) is 1. The van der Waals surface area contributed by atoms with Gasteiger partial charge in [-0.15, -0.1) is 0 Å². The monoisotopic (exact) mass is 217 g/mol. The van der Waals surface area contributed by atoms with E-state index >= 15 is 0 Å². The van der Waals surface area contributed by atoms with Gasteiger partial charge in [0.1, 0.15) is 5.82 Å². The molecule has 0 saturated carbocycles. The fraction of sp³-hybridized carbons (Fsp3) is 0.300. The average Bonchev–Trinajstić information content (AvgIpc) is 2.15. The van der Waals surface area contributed by atoms with E-state index in [1.54, 1.807) is 0 Å². The first kappa shape index (κ1) is 11.5. The number of hydrogen-bond acceptors (Lipinski definition) is 0. The van der Waals surface area contributed by atoms with Gasteiger partial charge in [0.15, 0.2) is 0 Å². The minimum absolute atomic E-state index is 0.195. The fourth-order valence-corrected chi connectivity index (χ4v) is 1.21. The maximum atomic E-state index is 12.7. The molecule has 0 fully saturated rings. The third-order valence-corrected chi connectivity index (χ3v) is 1.96. The molecule has 1 aromatic rings. The summed E-state index contributed by atoms with van der Waals surface area (Å²) in [5, 5.41) is 0. The number of rotatable bonds is 1. The molecule has 0 radical (unpaired) electrons. The molecule has 0 bridgehead atoms. The minimum atomic E-state index is -4.63. The Morgan fingerprint density at radius 3 is 2.40 bits per heavy atom. The summed E-state index contributed by atoms with van der Waals surface area (Å²) in [5.41, 5.74) is -1.27. The van der Waals surface area contributed by atoms with Crippen LogP contribution in [-0.4, -0.2) is 0 Å².